The van der Waals surface area contributed by atoms with Crippen LogP contribution in [0.2, 0.25) is 0 Å². The number of allylic oxidation sites excluding steroid dienone is 3. The summed E-state index contributed by atoms with van der Waals surface area (Å²) in [5.41, 5.74) is 0.421. The first kappa shape index (κ1) is 20.9. The average molecular weight is 390 g/mol. The van der Waals surface area contributed by atoms with Gasteiger partial charge >= 0.3 is 5.97 Å². The zero-order valence-electron chi connectivity index (χ0n) is 16.2. The highest BCUT2D eigenvalue weighted by Gasteiger charge is 2.48. The highest BCUT2D eigenvalue weighted by molar-refractivity contribution is 6.51. The number of rotatable bonds is 5. The minimum absolute atomic E-state index is 0.0303. The van der Waals surface area contributed by atoms with Crippen molar-refractivity contribution in [2.45, 2.75) is 46.6 Å². The molecule has 0 saturated carbocycles. The molecule has 1 aromatic heterocycles. The van der Waals surface area contributed by atoms with Crippen LogP contribution in [0.25, 0.3) is 11.1 Å². The summed E-state index contributed by atoms with van der Waals surface area (Å²) in [6.07, 6.45) is 8.38. The zero-order chi connectivity index (χ0) is 20.4. The summed E-state index contributed by atoms with van der Waals surface area (Å²) in [5.74, 6) is -1.25. The monoisotopic (exact) mass is 389 g/mol. The number of esters is 1. The molecule has 1 heterocycles. The number of hydrogen-bond acceptors (Lipinski definition) is 5. The molecule has 2 atom stereocenters. The van der Waals surface area contributed by atoms with Crippen LogP contribution in [0.3, 0.4) is 0 Å². The van der Waals surface area contributed by atoms with Crippen molar-refractivity contribution in [2.24, 2.45) is 5.92 Å². The topological polar surface area (TPSA) is 76.5 Å². The van der Waals surface area contributed by atoms with Gasteiger partial charge in [-0.3, -0.25) is 14.6 Å². The van der Waals surface area contributed by atoms with E-state index in [0.29, 0.717) is 17.2 Å². The number of pyridine rings is 1. The summed E-state index contributed by atoms with van der Waals surface area (Å²) in [4.78, 5) is 28.4. The van der Waals surface area contributed by atoms with Crippen LogP contribution in [-0.2, 0) is 9.53 Å². The van der Waals surface area contributed by atoms with E-state index in [4.69, 9.17) is 16.3 Å². The highest BCUT2D eigenvalue weighted by atomic mass is 35.5. The molecule has 1 aromatic rings. The molecule has 5 nitrogen and oxygen atoms in total. The van der Waals surface area contributed by atoms with Crippen LogP contribution in [0.5, 0.6) is 0 Å². The molecule has 2 rings (SSSR count). The van der Waals surface area contributed by atoms with Crippen LogP contribution >= 0.6 is 11.6 Å². The lowest BCUT2D eigenvalue weighted by molar-refractivity contribution is -0.150. The van der Waals surface area contributed by atoms with E-state index in [1.165, 1.54) is 13.1 Å². The minimum atomic E-state index is -1.84. The summed E-state index contributed by atoms with van der Waals surface area (Å²) in [7, 11) is 0. The minimum Gasteiger partial charge on any atom is -0.506 e. The Balaban J connectivity index is 2.42. The predicted octanol–water partition coefficient (Wildman–Crippen LogP) is 5.07. The Morgan fingerprint density at radius 2 is 2.07 bits per heavy atom. The summed E-state index contributed by atoms with van der Waals surface area (Å²) in [6.45, 7) is 8.76. The van der Waals surface area contributed by atoms with E-state index in [0.717, 1.165) is 18.9 Å². The molecule has 0 amide bonds. The number of nitrogens with zero attached hydrogens (tertiary/aromatic N) is 1. The van der Waals surface area contributed by atoms with Gasteiger partial charge in [-0.15, -0.1) is 0 Å². The summed E-state index contributed by atoms with van der Waals surface area (Å²) in [5, 5.41) is 10.4. The lowest BCUT2D eigenvalue weighted by Gasteiger charge is -2.31. The normalized spacial score (nSPS) is 21.4. The van der Waals surface area contributed by atoms with Gasteiger partial charge in [0, 0.05) is 24.2 Å². The van der Waals surface area contributed by atoms with E-state index < -0.39 is 23.1 Å². The van der Waals surface area contributed by atoms with Gasteiger partial charge in [0.1, 0.15) is 0 Å². The van der Waals surface area contributed by atoms with Gasteiger partial charge in [-0.25, -0.2) is 0 Å². The van der Waals surface area contributed by atoms with E-state index in [9.17, 15) is 14.7 Å². The third-order valence-corrected chi connectivity index (χ3v) is 4.94. The number of aromatic nitrogens is 1. The first-order chi connectivity index (χ1) is 12.6. The van der Waals surface area contributed by atoms with E-state index in [2.05, 4.69) is 24.9 Å². The third kappa shape index (κ3) is 4.30. The van der Waals surface area contributed by atoms with E-state index in [-0.39, 0.29) is 10.6 Å². The lowest BCUT2D eigenvalue weighted by Crippen LogP contribution is -2.44. The second-order valence-electron chi connectivity index (χ2n) is 6.90. The second-order valence-corrected chi connectivity index (χ2v) is 7.28. The number of aliphatic hydroxyl groups is 1. The number of ether oxygens (including phenoxy) is 1. The Morgan fingerprint density at radius 3 is 2.67 bits per heavy atom. The zero-order valence-corrected chi connectivity index (χ0v) is 16.9. The van der Waals surface area contributed by atoms with Gasteiger partial charge < -0.3 is 9.84 Å². The summed E-state index contributed by atoms with van der Waals surface area (Å²) < 4.78 is 5.06. The van der Waals surface area contributed by atoms with Crippen LogP contribution < -0.4 is 0 Å². The third-order valence-electron chi connectivity index (χ3n) is 4.56. The standard InChI is InChI=1S/C21H24ClNO4/c1-6-12(2)9-13(3)7-8-15-10-16-17(11-23-15)19(25)21(5,27-14(4)24)20(26)18(16)22/h7-12,26H,6H2,1-5H3/b8-7+,13-9+/t12-,21+/m0/s1. The molecule has 0 radical (unpaired) electrons. The fourth-order valence-electron chi connectivity index (χ4n) is 2.85. The van der Waals surface area contributed by atoms with Gasteiger partial charge in [-0.1, -0.05) is 49.6 Å². The van der Waals surface area contributed by atoms with Gasteiger partial charge in [0.2, 0.25) is 11.4 Å². The Morgan fingerprint density at radius 1 is 1.41 bits per heavy atom. The van der Waals surface area contributed by atoms with Gasteiger partial charge in [0.05, 0.1) is 10.7 Å². The Bertz CT molecular complexity index is 869. The first-order valence-electron chi connectivity index (χ1n) is 8.80. The maximum atomic E-state index is 12.8. The Kier molecular flexibility index (Phi) is 6.26. The number of Topliss-reactive ketones (excluding diaryl/α,β-unsaturated/α-hetero) is 1. The molecule has 1 N–H and O–H groups in total. The maximum absolute atomic E-state index is 12.8. The van der Waals surface area contributed by atoms with E-state index in [1.54, 1.807) is 6.07 Å². The molecule has 0 saturated heterocycles. The highest BCUT2D eigenvalue weighted by Crippen LogP contribution is 2.40. The maximum Gasteiger partial charge on any atom is 0.304 e. The molecular weight excluding hydrogens is 366 g/mol. The van der Waals surface area contributed by atoms with E-state index in [1.807, 2.05) is 19.1 Å². The van der Waals surface area contributed by atoms with Crippen molar-refractivity contribution in [3.8, 4) is 0 Å². The van der Waals surface area contributed by atoms with Crippen molar-refractivity contribution < 1.29 is 19.4 Å². The number of ketones is 1. The van der Waals surface area contributed by atoms with Crippen molar-refractivity contribution in [1.82, 2.24) is 4.98 Å². The van der Waals surface area contributed by atoms with Crippen LogP contribution in [0.4, 0.5) is 0 Å². The van der Waals surface area contributed by atoms with Gasteiger partial charge in [0.25, 0.3) is 0 Å². The number of hydrogen-bond donors (Lipinski definition) is 1. The average Bonchev–Trinajstić information content (AvgIpc) is 2.62. The molecule has 0 bridgehead atoms. The van der Waals surface area contributed by atoms with Gasteiger partial charge in [0.15, 0.2) is 5.76 Å². The summed E-state index contributed by atoms with van der Waals surface area (Å²) >= 11 is 6.28. The molecule has 0 unspecified atom stereocenters. The molecule has 0 spiro atoms. The number of aliphatic hydroxyl groups excluding tert-OH is 1. The molecule has 0 aromatic carbocycles. The molecule has 6 heteroatoms. The molecule has 1 aliphatic rings. The second kappa shape index (κ2) is 8.09. The Hall–Kier alpha value is -2.40. The molecule has 1 aliphatic carbocycles. The molecular formula is C21H24ClNO4. The number of fused-ring (bicyclic) bond motifs is 1. The van der Waals surface area contributed by atoms with Crippen molar-refractivity contribution >= 4 is 34.5 Å². The number of carbonyl (C=O) groups is 2. The SMILES string of the molecule is CC[C@H](C)/C=C(C)/C=C/c1cc2c(cn1)C(=O)[C@@](C)(OC(C)=O)C(O)=C2Cl. The van der Waals surface area contributed by atoms with Crippen molar-refractivity contribution in [3.63, 3.8) is 0 Å². The molecule has 144 valence electrons. The van der Waals surface area contributed by atoms with Gasteiger partial charge in [-0.2, -0.15) is 0 Å². The summed E-state index contributed by atoms with van der Waals surface area (Å²) in [6, 6.07) is 1.63. The number of halogens is 1. The Labute approximate surface area is 164 Å². The smallest absolute Gasteiger partial charge is 0.304 e. The first-order valence-corrected chi connectivity index (χ1v) is 9.18. The largest absolute Gasteiger partial charge is 0.506 e. The molecule has 0 fully saturated rings. The van der Waals surface area contributed by atoms with Crippen molar-refractivity contribution in [1.29, 1.82) is 0 Å². The quantitative estimate of drug-likeness (QED) is 0.561. The van der Waals surface area contributed by atoms with E-state index >= 15 is 0 Å². The van der Waals surface area contributed by atoms with Crippen LogP contribution in [0.1, 0.15) is 62.7 Å². The van der Waals surface area contributed by atoms with Crippen LogP contribution in [0.15, 0.2) is 35.7 Å². The fourth-order valence-corrected chi connectivity index (χ4v) is 3.18. The van der Waals surface area contributed by atoms with Crippen molar-refractivity contribution in [3.05, 3.63) is 52.6 Å². The molecule has 0 aliphatic heterocycles. The van der Waals surface area contributed by atoms with Crippen molar-refractivity contribution in [2.75, 3.05) is 0 Å². The van der Waals surface area contributed by atoms with Crippen LogP contribution in [-0.4, -0.2) is 27.4 Å². The lowest BCUT2D eigenvalue weighted by atomic mass is 9.84. The fraction of sp³-hybridized carbons (Fsp3) is 0.381. The van der Waals surface area contributed by atoms with Gasteiger partial charge in [-0.05, 0) is 31.9 Å². The molecule has 27 heavy (non-hydrogen) atoms. The number of carbonyl (C=O) groups excluding carboxylic acids is 2. The van der Waals surface area contributed by atoms with Crippen LogP contribution in [0, 0.1) is 5.92 Å². The predicted molar refractivity (Wildman–Crippen MR) is 106 cm³/mol.